The van der Waals surface area contributed by atoms with E-state index < -0.39 is 0 Å². The molecule has 2 rings (SSSR count). The van der Waals surface area contributed by atoms with E-state index in [4.69, 9.17) is 19.2 Å². The standard InChI is InChI=1S/C22H31N3O3/c1-4-28-15-5-14-23-22(24-16-18-6-10-20(26-2)11-7-18)25-17-19-8-12-21(27-3)13-9-19/h6-13H,4-5,14-17H2,1-3H3,(H2,23,24,25). The fraction of sp³-hybridized carbons (Fsp3) is 0.409. The highest BCUT2D eigenvalue weighted by Gasteiger charge is 2.01. The molecular formula is C22H31N3O3. The Bertz CT molecular complexity index is 700. The Labute approximate surface area is 167 Å². The van der Waals surface area contributed by atoms with Crippen molar-refractivity contribution >= 4 is 5.96 Å². The first-order valence-corrected chi connectivity index (χ1v) is 9.61. The molecule has 0 bridgehead atoms. The van der Waals surface area contributed by atoms with E-state index in [1.54, 1.807) is 14.2 Å². The molecule has 0 aromatic heterocycles. The first-order chi connectivity index (χ1) is 13.7. The summed E-state index contributed by atoms with van der Waals surface area (Å²) in [5.74, 6) is 2.48. The van der Waals surface area contributed by atoms with Crippen molar-refractivity contribution in [3.05, 3.63) is 59.7 Å². The molecule has 6 nitrogen and oxygen atoms in total. The lowest BCUT2D eigenvalue weighted by atomic mass is 10.2. The van der Waals surface area contributed by atoms with Crippen molar-refractivity contribution in [2.75, 3.05) is 34.0 Å². The maximum Gasteiger partial charge on any atom is 0.191 e. The van der Waals surface area contributed by atoms with E-state index in [0.29, 0.717) is 13.1 Å². The molecule has 0 atom stereocenters. The lowest BCUT2D eigenvalue weighted by molar-refractivity contribution is 0.145. The summed E-state index contributed by atoms with van der Waals surface area (Å²) in [6.07, 6.45) is 0.930. The molecule has 2 N–H and O–H groups in total. The molecule has 2 aromatic rings. The van der Waals surface area contributed by atoms with Gasteiger partial charge in [0.1, 0.15) is 11.5 Å². The van der Waals surface area contributed by atoms with E-state index in [2.05, 4.69) is 10.6 Å². The summed E-state index contributed by atoms with van der Waals surface area (Å²) >= 11 is 0. The molecule has 0 saturated heterocycles. The maximum atomic E-state index is 5.39. The van der Waals surface area contributed by atoms with Crippen LogP contribution in [0.2, 0.25) is 0 Å². The summed E-state index contributed by atoms with van der Waals surface area (Å²) in [7, 11) is 3.34. The van der Waals surface area contributed by atoms with Gasteiger partial charge in [0.2, 0.25) is 0 Å². The average molecular weight is 386 g/mol. The Morgan fingerprint density at radius 2 is 1.46 bits per heavy atom. The minimum Gasteiger partial charge on any atom is -0.497 e. The maximum absolute atomic E-state index is 5.39. The van der Waals surface area contributed by atoms with Gasteiger partial charge >= 0.3 is 0 Å². The van der Waals surface area contributed by atoms with Crippen LogP contribution in [0, 0.1) is 0 Å². The third-order valence-corrected chi connectivity index (χ3v) is 4.16. The number of nitrogens with zero attached hydrogens (tertiary/aromatic N) is 1. The van der Waals surface area contributed by atoms with Crippen molar-refractivity contribution in [1.29, 1.82) is 0 Å². The number of hydrogen-bond donors (Lipinski definition) is 2. The summed E-state index contributed by atoms with van der Waals surface area (Å²) in [4.78, 5) is 4.70. The van der Waals surface area contributed by atoms with Crippen molar-refractivity contribution in [3.8, 4) is 11.5 Å². The summed E-state index contributed by atoms with van der Waals surface area (Å²) in [5.41, 5.74) is 2.29. The summed E-state index contributed by atoms with van der Waals surface area (Å²) in [5, 5.41) is 6.76. The zero-order valence-corrected chi connectivity index (χ0v) is 17.0. The minimum atomic E-state index is 0.591. The van der Waals surface area contributed by atoms with Gasteiger partial charge in [-0.25, -0.2) is 4.99 Å². The molecule has 0 fully saturated rings. The Morgan fingerprint density at radius 1 is 0.857 bits per heavy atom. The second-order valence-corrected chi connectivity index (χ2v) is 6.19. The van der Waals surface area contributed by atoms with Gasteiger partial charge in [0.05, 0.1) is 20.8 Å². The van der Waals surface area contributed by atoms with Gasteiger partial charge in [-0.1, -0.05) is 24.3 Å². The van der Waals surface area contributed by atoms with Gasteiger partial charge in [-0.2, -0.15) is 0 Å². The summed E-state index contributed by atoms with van der Waals surface area (Å²) in [6.45, 7) is 5.57. The number of aliphatic imine (C=N–C) groups is 1. The lowest BCUT2D eigenvalue weighted by Crippen LogP contribution is -2.37. The highest BCUT2D eigenvalue weighted by Crippen LogP contribution is 2.12. The molecule has 0 radical (unpaired) electrons. The van der Waals surface area contributed by atoms with Crippen LogP contribution in [-0.2, 0) is 17.8 Å². The molecule has 0 heterocycles. The highest BCUT2D eigenvalue weighted by molar-refractivity contribution is 5.79. The quantitative estimate of drug-likeness (QED) is 0.353. The third kappa shape index (κ3) is 7.88. The van der Waals surface area contributed by atoms with E-state index in [-0.39, 0.29) is 0 Å². The number of nitrogens with one attached hydrogen (secondary N) is 2. The van der Waals surface area contributed by atoms with E-state index in [1.807, 2.05) is 55.5 Å². The number of methoxy groups -OCH3 is 2. The number of rotatable bonds is 11. The van der Waals surface area contributed by atoms with E-state index >= 15 is 0 Å². The first-order valence-electron chi connectivity index (χ1n) is 9.61. The third-order valence-electron chi connectivity index (χ3n) is 4.16. The fourth-order valence-electron chi connectivity index (χ4n) is 2.53. The topological polar surface area (TPSA) is 64.1 Å². The van der Waals surface area contributed by atoms with E-state index in [1.165, 1.54) is 0 Å². The molecule has 6 heteroatoms. The van der Waals surface area contributed by atoms with Crippen LogP contribution in [-0.4, -0.2) is 39.9 Å². The number of benzene rings is 2. The smallest absolute Gasteiger partial charge is 0.191 e. The zero-order chi connectivity index (χ0) is 20.0. The van der Waals surface area contributed by atoms with Gasteiger partial charge in [-0.05, 0) is 48.7 Å². The van der Waals surface area contributed by atoms with Crippen molar-refractivity contribution in [2.45, 2.75) is 26.4 Å². The number of guanidine groups is 1. The molecule has 152 valence electrons. The van der Waals surface area contributed by atoms with Gasteiger partial charge < -0.3 is 24.8 Å². The molecule has 0 unspecified atom stereocenters. The van der Waals surface area contributed by atoms with E-state index in [9.17, 15) is 0 Å². The van der Waals surface area contributed by atoms with Crippen LogP contribution in [0.1, 0.15) is 24.5 Å². The molecule has 0 aliphatic rings. The minimum absolute atomic E-state index is 0.591. The van der Waals surface area contributed by atoms with Crippen LogP contribution in [0.3, 0.4) is 0 Å². The molecule has 2 aromatic carbocycles. The van der Waals surface area contributed by atoms with Crippen LogP contribution in [0.5, 0.6) is 11.5 Å². The van der Waals surface area contributed by atoms with Gasteiger partial charge in [0, 0.05) is 26.3 Å². The van der Waals surface area contributed by atoms with Gasteiger partial charge in [-0.3, -0.25) is 0 Å². The van der Waals surface area contributed by atoms with Crippen molar-refractivity contribution in [2.24, 2.45) is 4.99 Å². The molecule has 28 heavy (non-hydrogen) atoms. The average Bonchev–Trinajstić information content (AvgIpc) is 2.75. The lowest BCUT2D eigenvalue weighted by Gasteiger charge is -2.13. The second-order valence-electron chi connectivity index (χ2n) is 6.19. The predicted molar refractivity (Wildman–Crippen MR) is 113 cm³/mol. The van der Waals surface area contributed by atoms with Gasteiger partial charge in [0.15, 0.2) is 5.96 Å². The van der Waals surface area contributed by atoms with Crippen molar-refractivity contribution in [1.82, 2.24) is 10.6 Å². The molecule has 0 saturated carbocycles. The van der Waals surface area contributed by atoms with Crippen LogP contribution in [0.15, 0.2) is 53.5 Å². The van der Waals surface area contributed by atoms with Crippen LogP contribution < -0.4 is 20.1 Å². The Morgan fingerprint density at radius 3 is 2.04 bits per heavy atom. The first kappa shape index (κ1) is 21.6. The largest absolute Gasteiger partial charge is 0.497 e. The fourth-order valence-corrected chi connectivity index (χ4v) is 2.53. The van der Waals surface area contributed by atoms with Crippen LogP contribution in [0.25, 0.3) is 0 Å². The van der Waals surface area contributed by atoms with Crippen molar-refractivity contribution < 1.29 is 14.2 Å². The normalized spacial score (nSPS) is 11.2. The SMILES string of the molecule is CCOCCCNC(=NCc1ccc(OC)cc1)NCc1ccc(OC)cc1. The summed E-state index contributed by atoms with van der Waals surface area (Å²) < 4.78 is 15.8. The zero-order valence-electron chi connectivity index (χ0n) is 17.0. The van der Waals surface area contributed by atoms with Crippen LogP contribution in [0.4, 0.5) is 0 Å². The van der Waals surface area contributed by atoms with Gasteiger partial charge in [0.25, 0.3) is 0 Å². The molecule has 0 aliphatic heterocycles. The Hall–Kier alpha value is -2.73. The molecular weight excluding hydrogens is 354 g/mol. The Kier molecular flexibility index (Phi) is 9.72. The van der Waals surface area contributed by atoms with Crippen molar-refractivity contribution in [3.63, 3.8) is 0 Å². The second kappa shape index (κ2) is 12.6. The summed E-state index contributed by atoms with van der Waals surface area (Å²) in [6, 6.07) is 16.0. The van der Waals surface area contributed by atoms with E-state index in [0.717, 1.165) is 54.8 Å². The molecule has 0 amide bonds. The molecule has 0 aliphatic carbocycles. The monoisotopic (exact) mass is 385 g/mol. The number of ether oxygens (including phenoxy) is 3. The van der Waals surface area contributed by atoms with Crippen LogP contribution >= 0.6 is 0 Å². The molecule has 0 spiro atoms. The predicted octanol–water partition coefficient (Wildman–Crippen LogP) is 3.37. The number of hydrogen-bond acceptors (Lipinski definition) is 4. The Balaban J connectivity index is 1.93. The highest BCUT2D eigenvalue weighted by atomic mass is 16.5. The van der Waals surface area contributed by atoms with Gasteiger partial charge in [-0.15, -0.1) is 0 Å².